The lowest BCUT2D eigenvalue weighted by Gasteiger charge is -2.22. The van der Waals surface area contributed by atoms with Gasteiger partial charge in [-0.1, -0.05) is 18.2 Å². The minimum atomic E-state index is -0.456. The van der Waals surface area contributed by atoms with E-state index in [4.69, 9.17) is 4.74 Å². The molecule has 2 aromatic carbocycles. The molecule has 6 heteroatoms. The minimum absolute atomic E-state index is 0.0553. The molecule has 1 N–H and O–H groups in total. The number of amides is 2. The molecule has 2 atom stereocenters. The lowest BCUT2D eigenvalue weighted by atomic mass is 10.1. The zero-order chi connectivity index (χ0) is 16.7. The summed E-state index contributed by atoms with van der Waals surface area (Å²) in [4.78, 5) is 27.0. The molecule has 2 heterocycles. The highest BCUT2D eigenvalue weighted by atomic mass is 32.2. The van der Waals surface area contributed by atoms with Gasteiger partial charge in [0.15, 0.2) is 0 Å². The van der Waals surface area contributed by atoms with Crippen LogP contribution in [0.5, 0.6) is 5.75 Å². The van der Waals surface area contributed by atoms with E-state index in [1.54, 1.807) is 48.0 Å². The number of hydrogen-bond acceptors (Lipinski definition) is 4. The number of benzene rings is 2. The second kappa shape index (κ2) is 5.87. The van der Waals surface area contributed by atoms with E-state index >= 15 is 0 Å². The molecule has 0 saturated carbocycles. The van der Waals surface area contributed by atoms with Gasteiger partial charge < -0.3 is 15.0 Å². The fraction of sp³-hybridized carbons (Fsp3) is 0.222. The summed E-state index contributed by atoms with van der Waals surface area (Å²) in [6, 6.07) is 14.3. The molecule has 5 nitrogen and oxygen atoms in total. The van der Waals surface area contributed by atoms with Gasteiger partial charge in [-0.05, 0) is 35.9 Å². The van der Waals surface area contributed by atoms with Crippen molar-refractivity contribution in [2.45, 2.75) is 11.4 Å². The summed E-state index contributed by atoms with van der Waals surface area (Å²) in [5.41, 5.74) is 2.41. The lowest BCUT2D eigenvalue weighted by Crippen LogP contribution is -2.42. The van der Waals surface area contributed by atoms with Gasteiger partial charge in [0, 0.05) is 17.0 Å². The molecule has 122 valence electrons. The van der Waals surface area contributed by atoms with Gasteiger partial charge in [0.2, 0.25) is 5.91 Å². The largest absolute Gasteiger partial charge is 0.497 e. The maximum Gasteiger partial charge on any atom is 0.256 e. The van der Waals surface area contributed by atoms with E-state index in [-0.39, 0.29) is 17.2 Å². The number of nitrogens with one attached hydrogen (secondary N) is 1. The predicted octanol–water partition coefficient (Wildman–Crippen LogP) is 2.90. The highest BCUT2D eigenvalue weighted by Crippen LogP contribution is 2.48. The van der Waals surface area contributed by atoms with Crippen molar-refractivity contribution < 1.29 is 14.3 Å². The molecule has 0 spiro atoms. The molecule has 0 aliphatic carbocycles. The first-order chi connectivity index (χ1) is 11.7. The van der Waals surface area contributed by atoms with Crippen LogP contribution in [0, 0.1) is 0 Å². The number of carbonyl (C=O) groups is 2. The molecular weight excluding hydrogens is 324 g/mol. The van der Waals surface area contributed by atoms with E-state index in [9.17, 15) is 9.59 Å². The molecule has 0 unspecified atom stereocenters. The van der Waals surface area contributed by atoms with E-state index in [0.717, 1.165) is 11.3 Å². The first-order valence-electron chi connectivity index (χ1n) is 7.67. The molecule has 2 amide bonds. The first kappa shape index (κ1) is 15.1. The van der Waals surface area contributed by atoms with E-state index in [1.807, 2.05) is 24.3 Å². The Balaban J connectivity index is 1.53. The molecule has 24 heavy (non-hydrogen) atoms. The van der Waals surface area contributed by atoms with Gasteiger partial charge in [-0.3, -0.25) is 9.59 Å². The van der Waals surface area contributed by atoms with Crippen LogP contribution >= 0.6 is 11.8 Å². The van der Waals surface area contributed by atoms with Crippen molar-refractivity contribution in [2.24, 2.45) is 0 Å². The summed E-state index contributed by atoms with van der Waals surface area (Å²) >= 11 is 1.64. The summed E-state index contributed by atoms with van der Waals surface area (Å²) < 4.78 is 5.11. The minimum Gasteiger partial charge on any atom is -0.497 e. The third-order valence-electron chi connectivity index (χ3n) is 4.35. The van der Waals surface area contributed by atoms with Crippen LogP contribution < -0.4 is 10.1 Å². The molecule has 2 aliphatic rings. The average Bonchev–Trinajstić information content (AvgIpc) is 3.17. The van der Waals surface area contributed by atoms with Crippen molar-refractivity contribution in [1.29, 1.82) is 0 Å². The van der Waals surface area contributed by atoms with Crippen LogP contribution in [-0.4, -0.2) is 35.6 Å². The molecule has 4 rings (SSSR count). The number of nitrogens with zero attached hydrogens (tertiary/aromatic N) is 1. The van der Waals surface area contributed by atoms with E-state index < -0.39 is 6.04 Å². The van der Waals surface area contributed by atoms with Crippen molar-refractivity contribution in [3.05, 3.63) is 59.7 Å². The molecule has 1 fully saturated rings. The topological polar surface area (TPSA) is 58.6 Å². The number of anilines is 1. The normalized spacial score (nSPS) is 21.4. The van der Waals surface area contributed by atoms with Crippen LogP contribution in [0.2, 0.25) is 0 Å². The Morgan fingerprint density at radius 2 is 1.96 bits per heavy atom. The van der Waals surface area contributed by atoms with Gasteiger partial charge in [0.25, 0.3) is 5.91 Å². The van der Waals surface area contributed by atoms with Crippen LogP contribution in [0.25, 0.3) is 0 Å². The maximum absolute atomic E-state index is 12.7. The molecule has 0 bridgehead atoms. The number of thioether (sulfide) groups is 1. The average molecular weight is 340 g/mol. The SMILES string of the molecule is COc1ccc(NC(=O)[C@@H]2CS[C@H]3c4ccccc4C(=O)N23)cc1. The Morgan fingerprint density at radius 3 is 2.71 bits per heavy atom. The van der Waals surface area contributed by atoms with E-state index in [0.29, 0.717) is 17.0 Å². The second-order valence-corrected chi connectivity index (χ2v) is 6.83. The monoisotopic (exact) mass is 340 g/mol. The Kier molecular flexibility index (Phi) is 3.69. The zero-order valence-electron chi connectivity index (χ0n) is 13.1. The van der Waals surface area contributed by atoms with Crippen LogP contribution in [0.1, 0.15) is 21.3 Å². The van der Waals surface area contributed by atoms with Gasteiger partial charge in [0.1, 0.15) is 17.2 Å². The first-order valence-corrected chi connectivity index (χ1v) is 8.72. The number of ether oxygens (including phenoxy) is 1. The van der Waals surface area contributed by atoms with Crippen LogP contribution in [-0.2, 0) is 4.79 Å². The fourth-order valence-corrected chi connectivity index (χ4v) is 4.61. The lowest BCUT2D eigenvalue weighted by molar-refractivity contribution is -0.119. The number of methoxy groups -OCH3 is 1. The number of hydrogen-bond donors (Lipinski definition) is 1. The Labute approximate surface area is 144 Å². The van der Waals surface area contributed by atoms with E-state index in [2.05, 4.69) is 5.32 Å². The third-order valence-corrected chi connectivity index (χ3v) is 5.66. The fourth-order valence-electron chi connectivity index (χ4n) is 3.14. The standard InChI is InChI=1S/C18H16N2O3S/c1-23-12-8-6-11(7-9-12)19-16(21)15-10-24-18-14-5-3-2-4-13(14)17(22)20(15)18/h2-9,15,18H,10H2,1H3,(H,19,21)/t15-,18-/m0/s1. The van der Waals surface area contributed by atoms with E-state index in [1.165, 1.54) is 0 Å². The van der Waals surface area contributed by atoms with Crippen LogP contribution in [0.4, 0.5) is 5.69 Å². The summed E-state index contributed by atoms with van der Waals surface area (Å²) in [6.45, 7) is 0. The summed E-state index contributed by atoms with van der Waals surface area (Å²) in [5, 5.41) is 2.84. The smallest absolute Gasteiger partial charge is 0.256 e. The highest BCUT2D eigenvalue weighted by Gasteiger charge is 2.48. The third kappa shape index (κ3) is 2.34. The van der Waals surface area contributed by atoms with Crippen molar-refractivity contribution >= 4 is 29.3 Å². The number of fused-ring (bicyclic) bond motifs is 3. The summed E-state index contributed by atoms with van der Waals surface area (Å²) in [6.07, 6.45) is 0. The molecular formula is C18H16N2O3S. The molecule has 0 radical (unpaired) electrons. The zero-order valence-corrected chi connectivity index (χ0v) is 13.9. The van der Waals surface area contributed by atoms with Gasteiger partial charge in [-0.25, -0.2) is 0 Å². The molecule has 0 aromatic heterocycles. The Bertz CT molecular complexity index is 806. The van der Waals surface area contributed by atoms with Crippen molar-refractivity contribution in [1.82, 2.24) is 4.90 Å². The van der Waals surface area contributed by atoms with Crippen LogP contribution in [0.15, 0.2) is 48.5 Å². The summed E-state index contributed by atoms with van der Waals surface area (Å²) in [5.74, 6) is 1.12. The second-order valence-electron chi connectivity index (χ2n) is 5.72. The summed E-state index contributed by atoms with van der Waals surface area (Å²) in [7, 11) is 1.60. The van der Waals surface area contributed by atoms with Crippen molar-refractivity contribution in [3.63, 3.8) is 0 Å². The van der Waals surface area contributed by atoms with Gasteiger partial charge in [-0.15, -0.1) is 11.8 Å². The highest BCUT2D eigenvalue weighted by molar-refractivity contribution is 7.99. The quantitative estimate of drug-likeness (QED) is 0.933. The maximum atomic E-state index is 12.7. The number of carbonyl (C=O) groups excluding carboxylic acids is 2. The van der Waals surface area contributed by atoms with Crippen molar-refractivity contribution in [3.8, 4) is 5.75 Å². The van der Waals surface area contributed by atoms with Gasteiger partial charge >= 0.3 is 0 Å². The molecule has 1 saturated heterocycles. The molecule has 2 aromatic rings. The predicted molar refractivity (Wildman–Crippen MR) is 93.2 cm³/mol. The Hall–Kier alpha value is -2.47. The van der Waals surface area contributed by atoms with Gasteiger partial charge in [-0.2, -0.15) is 0 Å². The van der Waals surface area contributed by atoms with Crippen molar-refractivity contribution in [2.75, 3.05) is 18.2 Å². The van der Waals surface area contributed by atoms with Gasteiger partial charge in [0.05, 0.1) is 7.11 Å². The Morgan fingerprint density at radius 1 is 1.21 bits per heavy atom. The molecule has 2 aliphatic heterocycles. The van der Waals surface area contributed by atoms with Crippen LogP contribution in [0.3, 0.4) is 0 Å². The number of rotatable bonds is 3.